The van der Waals surface area contributed by atoms with Crippen molar-refractivity contribution in [1.29, 1.82) is 0 Å². The van der Waals surface area contributed by atoms with Gasteiger partial charge in [-0.25, -0.2) is 8.78 Å². The molecule has 1 aromatic carbocycles. The van der Waals surface area contributed by atoms with E-state index in [2.05, 4.69) is 30.6 Å². The van der Waals surface area contributed by atoms with Crippen molar-refractivity contribution in [2.75, 3.05) is 6.54 Å². The second-order valence-corrected chi connectivity index (χ2v) is 6.82. The van der Waals surface area contributed by atoms with E-state index in [4.69, 9.17) is 0 Å². The number of rotatable bonds is 8. The van der Waals surface area contributed by atoms with Gasteiger partial charge < -0.3 is 5.32 Å². The Morgan fingerprint density at radius 1 is 1.09 bits per heavy atom. The molecule has 4 heteroatoms. The molecule has 0 aliphatic heterocycles. The van der Waals surface area contributed by atoms with Gasteiger partial charge in [0.1, 0.15) is 11.6 Å². The lowest BCUT2D eigenvalue weighted by molar-refractivity contribution is 0.480. The normalized spacial score (nSPS) is 12.5. The summed E-state index contributed by atoms with van der Waals surface area (Å²) in [7, 11) is 0. The van der Waals surface area contributed by atoms with Crippen LogP contribution in [0.25, 0.3) is 0 Å². The Labute approximate surface area is 135 Å². The molecule has 1 aromatic heterocycles. The summed E-state index contributed by atoms with van der Waals surface area (Å²) in [6.07, 6.45) is 2.70. The molecule has 2 rings (SSSR count). The maximum Gasteiger partial charge on any atom is 0.126 e. The first kappa shape index (κ1) is 17.1. The van der Waals surface area contributed by atoms with E-state index in [1.165, 1.54) is 22.6 Å². The SMILES string of the molecule is CCc1csc(CNC[C@@H](C)CCc2cc(F)cc(F)c2)c1. The first-order chi connectivity index (χ1) is 10.6. The highest BCUT2D eigenvalue weighted by molar-refractivity contribution is 7.10. The lowest BCUT2D eigenvalue weighted by Crippen LogP contribution is -2.20. The number of nitrogens with one attached hydrogen (secondary N) is 1. The molecule has 0 fully saturated rings. The summed E-state index contributed by atoms with van der Waals surface area (Å²) in [6.45, 7) is 6.13. The van der Waals surface area contributed by atoms with Gasteiger partial charge >= 0.3 is 0 Å². The Bertz CT molecular complexity index is 574. The molecule has 2 aromatic rings. The molecule has 1 atom stereocenters. The van der Waals surface area contributed by atoms with Crippen LogP contribution < -0.4 is 5.32 Å². The molecule has 22 heavy (non-hydrogen) atoms. The Morgan fingerprint density at radius 3 is 2.45 bits per heavy atom. The molecule has 0 amide bonds. The molecule has 0 saturated heterocycles. The van der Waals surface area contributed by atoms with Crippen LogP contribution in [0.15, 0.2) is 29.6 Å². The minimum Gasteiger partial charge on any atom is -0.312 e. The standard InChI is InChI=1S/C18H23F2NS/c1-3-14-8-18(22-12-14)11-21-10-13(2)4-5-15-6-16(19)9-17(20)7-15/h6-9,12-13,21H,3-5,10-11H2,1-2H3/t13-/m0/s1. The van der Waals surface area contributed by atoms with E-state index in [1.54, 1.807) is 11.3 Å². The smallest absolute Gasteiger partial charge is 0.126 e. The highest BCUT2D eigenvalue weighted by Crippen LogP contribution is 2.16. The van der Waals surface area contributed by atoms with Crippen LogP contribution in [0.2, 0.25) is 0 Å². The zero-order valence-electron chi connectivity index (χ0n) is 13.2. The van der Waals surface area contributed by atoms with E-state index in [1.807, 2.05) is 0 Å². The van der Waals surface area contributed by atoms with Crippen molar-refractivity contribution in [3.63, 3.8) is 0 Å². The zero-order chi connectivity index (χ0) is 15.9. The third kappa shape index (κ3) is 5.50. The molecule has 0 unspecified atom stereocenters. The highest BCUT2D eigenvalue weighted by atomic mass is 32.1. The summed E-state index contributed by atoms with van der Waals surface area (Å²) in [4.78, 5) is 1.36. The van der Waals surface area contributed by atoms with Crippen molar-refractivity contribution in [3.05, 3.63) is 57.3 Å². The summed E-state index contributed by atoms with van der Waals surface area (Å²) in [6, 6.07) is 6.00. The van der Waals surface area contributed by atoms with Crippen LogP contribution in [0, 0.1) is 17.6 Å². The quantitative estimate of drug-likeness (QED) is 0.725. The van der Waals surface area contributed by atoms with E-state index in [-0.39, 0.29) is 0 Å². The lowest BCUT2D eigenvalue weighted by atomic mass is 10.0. The van der Waals surface area contributed by atoms with Crippen molar-refractivity contribution in [3.8, 4) is 0 Å². The fourth-order valence-corrected chi connectivity index (χ4v) is 3.36. The zero-order valence-corrected chi connectivity index (χ0v) is 14.0. The summed E-state index contributed by atoms with van der Waals surface area (Å²) in [5.41, 5.74) is 2.12. The predicted molar refractivity (Wildman–Crippen MR) is 89.2 cm³/mol. The molecule has 1 N–H and O–H groups in total. The average molecular weight is 323 g/mol. The average Bonchev–Trinajstić information content (AvgIpc) is 2.92. The molecule has 0 aliphatic carbocycles. The molecule has 0 bridgehead atoms. The summed E-state index contributed by atoms with van der Waals surface area (Å²) >= 11 is 1.79. The number of hydrogen-bond acceptors (Lipinski definition) is 2. The van der Waals surface area contributed by atoms with Gasteiger partial charge in [0.15, 0.2) is 0 Å². The maximum absolute atomic E-state index is 13.1. The van der Waals surface area contributed by atoms with Gasteiger partial charge in [-0.15, -0.1) is 11.3 Å². The van der Waals surface area contributed by atoms with Gasteiger partial charge in [-0.2, -0.15) is 0 Å². The maximum atomic E-state index is 13.1. The van der Waals surface area contributed by atoms with Gasteiger partial charge in [-0.05, 0) is 66.4 Å². The fraction of sp³-hybridized carbons (Fsp3) is 0.444. The Balaban J connectivity index is 1.70. The van der Waals surface area contributed by atoms with Crippen molar-refractivity contribution < 1.29 is 8.78 Å². The Kier molecular flexibility index (Phi) is 6.52. The first-order valence-electron chi connectivity index (χ1n) is 7.78. The molecular weight excluding hydrogens is 300 g/mol. The number of thiophene rings is 1. The molecule has 0 saturated carbocycles. The highest BCUT2D eigenvalue weighted by Gasteiger charge is 2.06. The minimum atomic E-state index is -0.495. The number of benzene rings is 1. The molecule has 1 nitrogen and oxygen atoms in total. The van der Waals surface area contributed by atoms with Crippen molar-refractivity contribution in [2.45, 2.75) is 39.7 Å². The minimum absolute atomic E-state index is 0.469. The first-order valence-corrected chi connectivity index (χ1v) is 8.66. The Hall–Kier alpha value is -1.26. The van der Waals surface area contributed by atoms with Gasteiger partial charge in [-0.3, -0.25) is 0 Å². The van der Waals surface area contributed by atoms with Gasteiger partial charge in [0.2, 0.25) is 0 Å². The lowest BCUT2D eigenvalue weighted by Gasteiger charge is -2.12. The topological polar surface area (TPSA) is 12.0 Å². The van der Waals surface area contributed by atoms with Crippen LogP contribution >= 0.6 is 11.3 Å². The molecule has 1 heterocycles. The van der Waals surface area contributed by atoms with Crippen LogP contribution in [0.5, 0.6) is 0 Å². The third-order valence-corrected chi connectivity index (χ3v) is 4.74. The number of hydrogen-bond donors (Lipinski definition) is 1. The van der Waals surface area contributed by atoms with Crippen LogP contribution in [-0.4, -0.2) is 6.54 Å². The second-order valence-electron chi connectivity index (χ2n) is 5.83. The van der Waals surface area contributed by atoms with Gasteiger partial charge in [0.05, 0.1) is 0 Å². The molecule has 0 spiro atoms. The van der Waals surface area contributed by atoms with Crippen LogP contribution in [0.3, 0.4) is 0 Å². The third-order valence-electron chi connectivity index (χ3n) is 3.76. The van der Waals surface area contributed by atoms with Crippen LogP contribution in [-0.2, 0) is 19.4 Å². The van der Waals surface area contributed by atoms with Crippen molar-refractivity contribution >= 4 is 11.3 Å². The summed E-state index contributed by atoms with van der Waals surface area (Å²) < 4.78 is 26.2. The van der Waals surface area contributed by atoms with Gasteiger partial charge in [0, 0.05) is 17.5 Å². The Morgan fingerprint density at radius 2 is 1.82 bits per heavy atom. The number of halogens is 2. The largest absolute Gasteiger partial charge is 0.312 e. The molecule has 0 radical (unpaired) electrons. The molecule has 120 valence electrons. The summed E-state index contributed by atoms with van der Waals surface area (Å²) in [5.74, 6) is -0.521. The van der Waals surface area contributed by atoms with E-state index in [9.17, 15) is 8.78 Å². The predicted octanol–water partition coefficient (Wildman–Crippen LogP) is 4.95. The molecule has 0 aliphatic rings. The number of aryl methyl sites for hydroxylation is 2. The van der Waals surface area contributed by atoms with E-state index in [0.29, 0.717) is 12.3 Å². The molecular formula is C18H23F2NS. The fourth-order valence-electron chi connectivity index (χ4n) is 2.42. The second kappa shape index (κ2) is 8.39. The van der Waals surface area contributed by atoms with Crippen LogP contribution in [0.4, 0.5) is 8.78 Å². The van der Waals surface area contributed by atoms with Crippen molar-refractivity contribution in [2.24, 2.45) is 5.92 Å². The summed E-state index contributed by atoms with van der Waals surface area (Å²) in [5, 5.41) is 5.67. The van der Waals surface area contributed by atoms with E-state index >= 15 is 0 Å². The van der Waals surface area contributed by atoms with Gasteiger partial charge in [-0.1, -0.05) is 13.8 Å². The van der Waals surface area contributed by atoms with Gasteiger partial charge in [0.25, 0.3) is 0 Å². The monoisotopic (exact) mass is 323 g/mol. The van der Waals surface area contributed by atoms with E-state index in [0.717, 1.165) is 37.6 Å². The van der Waals surface area contributed by atoms with E-state index < -0.39 is 11.6 Å². The van der Waals surface area contributed by atoms with Crippen LogP contribution in [0.1, 0.15) is 36.3 Å². The van der Waals surface area contributed by atoms with Crippen molar-refractivity contribution in [1.82, 2.24) is 5.32 Å².